The molecule has 3 N–H and O–H groups in total. The number of aliphatic imine (C=N–C) groups is 3. The Morgan fingerprint density at radius 3 is 2.23 bits per heavy atom. The molecule has 2 aromatic carbocycles. The zero-order valence-corrected chi connectivity index (χ0v) is 16.3. The number of phenols is 1. The van der Waals surface area contributed by atoms with Crippen molar-refractivity contribution in [2.45, 2.75) is 12.2 Å². The van der Waals surface area contributed by atoms with Gasteiger partial charge in [0.1, 0.15) is 29.6 Å². The minimum Gasteiger partial charge on any atom is -0.508 e. The quantitative estimate of drug-likeness (QED) is 0.789. The summed E-state index contributed by atoms with van der Waals surface area (Å²) in [5.41, 5.74) is 8.15. The second kappa shape index (κ2) is 7.42. The van der Waals surface area contributed by atoms with Crippen molar-refractivity contribution in [1.29, 1.82) is 0 Å². The topological polar surface area (TPSA) is 93.0 Å². The van der Waals surface area contributed by atoms with Crippen LogP contribution in [-0.2, 0) is 0 Å². The van der Waals surface area contributed by atoms with Crippen molar-refractivity contribution in [2.24, 2.45) is 20.7 Å². The number of anilines is 2. The zero-order chi connectivity index (χ0) is 20.7. The molecule has 154 valence electrons. The van der Waals surface area contributed by atoms with Gasteiger partial charge >= 0.3 is 0 Å². The van der Waals surface area contributed by atoms with Gasteiger partial charge in [0, 0.05) is 37.6 Å². The fourth-order valence-electron chi connectivity index (χ4n) is 3.88. The Kier molecular flexibility index (Phi) is 4.59. The highest BCUT2D eigenvalue weighted by atomic mass is 19.1. The number of fused-ring (bicyclic) bond motifs is 1. The second-order valence-electron chi connectivity index (χ2n) is 7.44. The van der Waals surface area contributed by atoms with Gasteiger partial charge in [-0.2, -0.15) is 4.99 Å². The average molecular weight is 407 g/mol. The molecular weight excluding hydrogens is 385 g/mol. The third-order valence-corrected chi connectivity index (χ3v) is 5.54. The molecule has 1 fully saturated rings. The van der Waals surface area contributed by atoms with Crippen LogP contribution in [0, 0.1) is 5.82 Å². The summed E-state index contributed by atoms with van der Waals surface area (Å²) in [7, 11) is 0. The molecule has 0 radical (unpaired) electrons. The largest absolute Gasteiger partial charge is 0.508 e. The molecule has 1 saturated heterocycles. The van der Waals surface area contributed by atoms with Crippen molar-refractivity contribution in [3.63, 3.8) is 0 Å². The number of amidine groups is 1. The number of nitrogens with two attached hydrogens (primary N) is 1. The van der Waals surface area contributed by atoms with Crippen molar-refractivity contribution in [3.8, 4) is 5.75 Å². The van der Waals surface area contributed by atoms with E-state index in [9.17, 15) is 9.50 Å². The summed E-state index contributed by atoms with van der Waals surface area (Å²) in [6.45, 7) is 3.13. The molecule has 3 aliphatic heterocycles. The van der Waals surface area contributed by atoms with Gasteiger partial charge in [0.2, 0.25) is 5.96 Å². The van der Waals surface area contributed by atoms with Gasteiger partial charge in [0.05, 0.1) is 6.34 Å². The van der Waals surface area contributed by atoms with E-state index >= 15 is 0 Å². The first-order valence-electron chi connectivity index (χ1n) is 9.87. The van der Waals surface area contributed by atoms with Crippen LogP contribution in [-0.4, -0.2) is 66.5 Å². The lowest BCUT2D eigenvalue weighted by molar-refractivity contribution is 0.377. The molecule has 0 bridgehead atoms. The number of nitrogens with zero attached hydrogens (tertiary/aromatic N) is 6. The van der Waals surface area contributed by atoms with E-state index in [4.69, 9.17) is 10.7 Å². The maximum absolute atomic E-state index is 13.3. The number of hydrogen-bond acceptors (Lipinski definition) is 8. The predicted molar refractivity (Wildman–Crippen MR) is 116 cm³/mol. The number of aromatic hydroxyl groups is 1. The lowest BCUT2D eigenvalue weighted by Crippen LogP contribution is -2.52. The first-order valence-corrected chi connectivity index (χ1v) is 9.87. The minimum atomic E-state index is -0.510. The first kappa shape index (κ1) is 18.6. The van der Waals surface area contributed by atoms with Crippen molar-refractivity contribution in [2.75, 3.05) is 36.0 Å². The molecule has 0 amide bonds. The van der Waals surface area contributed by atoms with Crippen LogP contribution in [0.15, 0.2) is 63.5 Å². The molecule has 3 heterocycles. The fourth-order valence-corrected chi connectivity index (χ4v) is 3.88. The van der Waals surface area contributed by atoms with E-state index in [1.165, 1.54) is 12.1 Å². The van der Waals surface area contributed by atoms with Crippen LogP contribution >= 0.6 is 0 Å². The predicted octanol–water partition coefficient (Wildman–Crippen LogP) is 1.62. The van der Waals surface area contributed by atoms with Crippen molar-refractivity contribution in [1.82, 2.24) is 4.90 Å². The first-order chi connectivity index (χ1) is 14.6. The highest BCUT2D eigenvalue weighted by Crippen LogP contribution is 2.25. The zero-order valence-electron chi connectivity index (χ0n) is 16.3. The van der Waals surface area contributed by atoms with Gasteiger partial charge in [-0.1, -0.05) is 0 Å². The number of rotatable bonds is 2. The van der Waals surface area contributed by atoms with Crippen LogP contribution in [0.4, 0.5) is 15.8 Å². The molecule has 2 unspecified atom stereocenters. The number of guanidine groups is 1. The van der Waals surface area contributed by atoms with Gasteiger partial charge in [-0.15, -0.1) is 0 Å². The van der Waals surface area contributed by atoms with Crippen LogP contribution in [0.25, 0.3) is 0 Å². The Hall–Kier alpha value is -3.46. The fraction of sp³-hybridized carbons (Fsp3) is 0.286. The summed E-state index contributed by atoms with van der Waals surface area (Å²) < 4.78 is 13.3. The summed E-state index contributed by atoms with van der Waals surface area (Å²) in [6.07, 6.45) is 1.17. The van der Waals surface area contributed by atoms with Gasteiger partial charge in [-0.3, -0.25) is 9.89 Å². The van der Waals surface area contributed by atoms with Crippen LogP contribution < -0.4 is 15.5 Å². The molecule has 8 nitrogen and oxygen atoms in total. The van der Waals surface area contributed by atoms with E-state index in [-0.39, 0.29) is 17.6 Å². The van der Waals surface area contributed by atoms with Crippen LogP contribution in [0.5, 0.6) is 5.75 Å². The maximum atomic E-state index is 13.3. The third kappa shape index (κ3) is 3.37. The smallest absolute Gasteiger partial charge is 0.224 e. The standard InChI is InChI=1S/C21H22FN7O/c22-14-1-3-16(4-2-14)29-13-24-18-19(23)25-21(26-20(18)29)28-11-9-27(10-12-28)15-5-7-17(30)8-6-15/h1-8,13,18-19,30H,9-12,23H2. The Labute approximate surface area is 173 Å². The average Bonchev–Trinajstić information content (AvgIpc) is 3.20. The van der Waals surface area contributed by atoms with Crippen molar-refractivity contribution < 1.29 is 9.50 Å². The molecule has 0 saturated carbocycles. The minimum absolute atomic E-state index is 0.262. The van der Waals surface area contributed by atoms with Crippen LogP contribution in [0.2, 0.25) is 0 Å². The Bertz CT molecular complexity index is 1010. The Morgan fingerprint density at radius 2 is 1.53 bits per heavy atom. The summed E-state index contributed by atoms with van der Waals surface area (Å²) in [4.78, 5) is 20.0. The maximum Gasteiger partial charge on any atom is 0.224 e. The normalized spacial score (nSPS) is 23.3. The van der Waals surface area contributed by atoms with Crippen molar-refractivity contribution >= 4 is 29.5 Å². The summed E-state index contributed by atoms with van der Waals surface area (Å²) >= 11 is 0. The van der Waals surface area contributed by atoms with Crippen molar-refractivity contribution in [3.05, 3.63) is 54.3 Å². The number of benzene rings is 2. The van der Waals surface area contributed by atoms with E-state index in [0.717, 1.165) is 37.6 Å². The molecule has 0 aromatic heterocycles. The monoisotopic (exact) mass is 407 g/mol. The van der Waals surface area contributed by atoms with Crippen LogP contribution in [0.3, 0.4) is 0 Å². The number of hydrogen-bond donors (Lipinski definition) is 2. The van der Waals surface area contributed by atoms with Crippen LogP contribution in [0.1, 0.15) is 0 Å². The van der Waals surface area contributed by atoms with E-state index in [1.54, 1.807) is 30.6 Å². The van der Waals surface area contributed by atoms with E-state index in [0.29, 0.717) is 11.8 Å². The molecule has 2 aromatic rings. The molecule has 9 heteroatoms. The van der Waals surface area contributed by atoms with E-state index in [2.05, 4.69) is 19.8 Å². The SMILES string of the molecule is NC1N=C(N2CCN(c3ccc(O)cc3)CC2)N=C2C1N=CN2c1ccc(F)cc1. The number of halogens is 1. The third-order valence-electron chi connectivity index (χ3n) is 5.54. The van der Waals surface area contributed by atoms with Gasteiger partial charge < -0.3 is 20.6 Å². The number of phenolic OH excluding ortho intramolecular Hbond substituents is 1. The molecular formula is C21H22FN7O. The van der Waals surface area contributed by atoms with Gasteiger partial charge in [0.15, 0.2) is 0 Å². The van der Waals surface area contributed by atoms with E-state index < -0.39 is 6.17 Å². The highest BCUT2D eigenvalue weighted by Gasteiger charge is 2.37. The number of piperazine rings is 1. The van der Waals surface area contributed by atoms with E-state index in [1.807, 2.05) is 17.0 Å². The molecule has 2 atom stereocenters. The van der Waals surface area contributed by atoms with Gasteiger partial charge in [0.25, 0.3) is 0 Å². The lowest BCUT2D eigenvalue weighted by atomic mass is 10.2. The summed E-state index contributed by atoms with van der Waals surface area (Å²) in [5, 5.41) is 9.48. The molecule has 0 spiro atoms. The lowest BCUT2D eigenvalue weighted by Gasteiger charge is -2.38. The summed E-state index contributed by atoms with van der Waals surface area (Å²) in [6, 6.07) is 13.1. The summed E-state index contributed by atoms with van der Waals surface area (Å²) in [5.74, 6) is 1.29. The Balaban J connectivity index is 1.32. The second-order valence-corrected chi connectivity index (χ2v) is 7.44. The highest BCUT2D eigenvalue weighted by molar-refractivity contribution is 6.21. The van der Waals surface area contributed by atoms with Gasteiger partial charge in [-0.25, -0.2) is 9.38 Å². The molecule has 30 heavy (non-hydrogen) atoms. The molecule has 5 rings (SSSR count). The molecule has 3 aliphatic rings. The van der Waals surface area contributed by atoms with Gasteiger partial charge in [-0.05, 0) is 48.5 Å². The Morgan fingerprint density at radius 1 is 0.900 bits per heavy atom. The molecule has 0 aliphatic carbocycles.